The highest BCUT2D eigenvalue weighted by molar-refractivity contribution is 9.10. The second kappa shape index (κ2) is 4.74. The van der Waals surface area contributed by atoms with Gasteiger partial charge in [-0.2, -0.15) is 5.10 Å². The molecule has 1 unspecified atom stereocenters. The van der Waals surface area contributed by atoms with Crippen LogP contribution in [0.5, 0.6) is 0 Å². The van der Waals surface area contributed by atoms with Crippen LogP contribution in [-0.4, -0.2) is 27.3 Å². The SMILES string of the molecule is Brc1ccn2nc(CC3CCCCO3)nc2c1. The first kappa shape index (κ1) is 11.2. The Balaban J connectivity index is 1.80. The normalized spacial score (nSPS) is 20.9. The van der Waals surface area contributed by atoms with E-state index in [4.69, 9.17) is 4.74 Å². The molecule has 90 valence electrons. The first-order valence-electron chi connectivity index (χ1n) is 5.94. The van der Waals surface area contributed by atoms with Crippen molar-refractivity contribution < 1.29 is 4.74 Å². The molecular formula is C12H14BrN3O. The van der Waals surface area contributed by atoms with Crippen molar-refractivity contribution in [2.24, 2.45) is 0 Å². The summed E-state index contributed by atoms with van der Waals surface area (Å²) in [6, 6.07) is 3.93. The predicted molar refractivity (Wildman–Crippen MR) is 68.0 cm³/mol. The first-order valence-corrected chi connectivity index (χ1v) is 6.73. The summed E-state index contributed by atoms with van der Waals surface area (Å²) < 4.78 is 8.54. The monoisotopic (exact) mass is 295 g/mol. The van der Waals surface area contributed by atoms with E-state index in [1.54, 1.807) is 0 Å². The van der Waals surface area contributed by atoms with Crippen LogP contribution >= 0.6 is 15.9 Å². The minimum Gasteiger partial charge on any atom is -0.378 e. The minimum absolute atomic E-state index is 0.296. The third-order valence-corrected chi connectivity index (χ3v) is 3.52. The Hall–Kier alpha value is -0.940. The van der Waals surface area contributed by atoms with Crippen LogP contribution in [0.2, 0.25) is 0 Å². The molecule has 0 aromatic carbocycles. The molecule has 4 nitrogen and oxygen atoms in total. The van der Waals surface area contributed by atoms with Gasteiger partial charge < -0.3 is 4.74 Å². The van der Waals surface area contributed by atoms with Crippen LogP contribution in [0.25, 0.3) is 5.65 Å². The van der Waals surface area contributed by atoms with E-state index in [0.717, 1.165) is 35.4 Å². The van der Waals surface area contributed by atoms with Crippen LogP contribution in [0.4, 0.5) is 0 Å². The molecule has 0 bridgehead atoms. The molecule has 17 heavy (non-hydrogen) atoms. The Labute approximate surface area is 108 Å². The number of fused-ring (bicyclic) bond motifs is 1. The lowest BCUT2D eigenvalue weighted by Crippen LogP contribution is -2.21. The second-order valence-electron chi connectivity index (χ2n) is 4.37. The quantitative estimate of drug-likeness (QED) is 0.855. The highest BCUT2D eigenvalue weighted by Gasteiger charge is 2.16. The van der Waals surface area contributed by atoms with Gasteiger partial charge in [0.15, 0.2) is 11.5 Å². The molecule has 0 N–H and O–H groups in total. The maximum atomic E-state index is 5.70. The summed E-state index contributed by atoms with van der Waals surface area (Å²) in [5.74, 6) is 0.870. The van der Waals surface area contributed by atoms with Gasteiger partial charge in [0.25, 0.3) is 0 Å². The van der Waals surface area contributed by atoms with Crippen LogP contribution in [0.3, 0.4) is 0 Å². The summed E-state index contributed by atoms with van der Waals surface area (Å²) in [6.07, 6.45) is 6.59. The first-order chi connectivity index (χ1) is 8.31. The Kier molecular flexibility index (Phi) is 3.11. The van der Waals surface area contributed by atoms with Crippen molar-refractivity contribution in [2.75, 3.05) is 6.61 Å². The minimum atomic E-state index is 0.296. The topological polar surface area (TPSA) is 39.4 Å². The molecule has 2 aromatic rings. The number of aromatic nitrogens is 3. The number of hydrogen-bond donors (Lipinski definition) is 0. The van der Waals surface area contributed by atoms with E-state index in [1.165, 1.54) is 12.8 Å². The number of hydrogen-bond acceptors (Lipinski definition) is 3. The average molecular weight is 296 g/mol. The third-order valence-electron chi connectivity index (χ3n) is 3.03. The van der Waals surface area contributed by atoms with Crippen molar-refractivity contribution in [1.29, 1.82) is 0 Å². The van der Waals surface area contributed by atoms with Crippen LogP contribution in [-0.2, 0) is 11.2 Å². The molecule has 3 rings (SSSR count). The number of rotatable bonds is 2. The lowest BCUT2D eigenvalue weighted by atomic mass is 10.1. The van der Waals surface area contributed by atoms with Gasteiger partial charge in [-0.1, -0.05) is 15.9 Å². The smallest absolute Gasteiger partial charge is 0.156 e. The Morgan fingerprint density at radius 1 is 1.47 bits per heavy atom. The van der Waals surface area contributed by atoms with Crippen molar-refractivity contribution >= 4 is 21.6 Å². The van der Waals surface area contributed by atoms with Crippen LogP contribution < -0.4 is 0 Å². The lowest BCUT2D eigenvalue weighted by molar-refractivity contribution is 0.0157. The summed E-state index contributed by atoms with van der Waals surface area (Å²) in [7, 11) is 0. The number of ether oxygens (including phenoxy) is 1. The van der Waals surface area contributed by atoms with E-state index >= 15 is 0 Å². The molecule has 0 aliphatic carbocycles. The van der Waals surface area contributed by atoms with Crippen LogP contribution in [0, 0.1) is 0 Å². The van der Waals surface area contributed by atoms with Gasteiger partial charge in [-0.05, 0) is 31.4 Å². The fourth-order valence-corrected chi connectivity index (χ4v) is 2.48. The van der Waals surface area contributed by atoms with Crippen molar-refractivity contribution in [3.63, 3.8) is 0 Å². The predicted octanol–water partition coefficient (Wildman–Crippen LogP) is 2.60. The zero-order valence-corrected chi connectivity index (χ0v) is 11.1. The van der Waals surface area contributed by atoms with E-state index in [1.807, 2.05) is 22.8 Å². The summed E-state index contributed by atoms with van der Waals surface area (Å²) in [5.41, 5.74) is 0.880. The molecule has 5 heteroatoms. The van der Waals surface area contributed by atoms with E-state index in [-0.39, 0.29) is 0 Å². The molecule has 0 radical (unpaired) electrons. The highest BCUT2D eigenvalue weighted by atomic mass is 79.9. The molecule has 0 amide bonds. The molecule has 0 spiro atoms. The Morgan fingerprint density at radius 2 is 2.41 bits per heavy atom. The molecule has 3 heterocycles. The number of pyridine rings is 1. The molecule has 0 saturated carbocycles. The molecule has 1 atom stereocenters. The summed E-state index contributed by atoms with van der Waals surface area (Å²) in [6.45, 7) is 0.879. The van der Waals surface area contributed by atoms with Gasteiger partial charge in [0.1, 0.15) is 0 Å². The largest absolute Gasteiger partial charge is 0.378 e. The van der Waals surface area contributed by atoms with Crippen LogP contribution in [0.1, 0.15) is 25.1 Å². The maximum Gasteiger partial charge on any atom is 0.156 e. The fraction of sp³-hybridized carbons (Fsp3) is 0.500. The summed E-state index contributed by atoms with van der Waals surface area (Å²) >= 11 is 3.43. The zero-order valence-electron chi connectivity index (χ0n) is 9.47. The highest BCUT2D eigenvalue weighted by Crippen LogP contribution is 2.17. The lowest BCUT2D eigenvalue weighted by Gasteiger charge is -2.20. The average Bonchev–Trinajstić information content (AvgIpc) is 2.71. The maximum absolute atomic E-state index is 5.70. The van der Waals surface area contributed by atoms with Gasteiger partial charge in [0.05, 0.1) is 6.10 Å². The fourth-order valence-electron chi connectivity index (χ4n) is 2.16. The molecule has 1 aliphatic rings. The van der Waals surface area contributed by atoms with Crippen molar-refractivity contribution in [3.8, 4) is 0 Å². The number of nitrogens with zero attached hydrogens (tertiary/aromatic N) is 3. The molecular weight excluding hydrogens is 282 g/mol. The van der Waals surface area contributed by atoms with Crippen molar-refractivity contribution in [1.82, 2.24) is 14.6 Å². The third kappa shape index (κ3) is 2.50. The molecule has 2 aromatic heterocycles. The van der Waals surface area contributed by atoms with Crippen molar-refractivity contribution in [3.05, 3.63) is 28.6 Å². The molecule has 1 saturated heterocycles. The Morgan fingerprint density at radius 3 is 3.24 bits per heavy atom. The standard InChI is InChI=1S/C12H14BrN3O/c13-9-4-5-16-12(7-9)14-11(15-16)8-10-3-1-2-6-17-10/h4-5,7,10H,1-3,6,8H2. The molecule has 1 aliphatic heterocycles. The van der Waals surface area contributed by atoms with E-state index in [0.29, 0.717) is 6.10 Å². The Bertz CT molecular complexity index is 519. The van der Waals surface area contributed by atoms with Crippen LogP contribution in [0.15, 0.2) is 22.8 Å². The zero-order chi connectivity index (χ0) is 11.7. The van der Waals surface area contributed by atoms with Crippen molar-refractivity contribution in [2.45, 2.75) is 31.8 Å². The van der Waals surface area contributed by atoms with E-state index in [9.17, 15) is 0 Å². The van der Waals surface area contributed by atoms with Gasteiger partial charge in [-0.25, -0.2) is 9.50 Å². The summed E-state index contributed by atoms with van der Waals surface area (Å²) in [4.78, 5) is 4.51. The van der Waals surface area contributed by atoms with Gasteiger partial charge in [0.2, 0.25) is 0 Å². The van der Waals surface area contributed by atoms with E-state index in [2.05, 4.69) is 26.0 Å². The molecule has 1 fully saturated rings. The number of halogens is 1. The second-order valence-corrected chi connectivity index (χ2v) is 5.28. The van der Waals surface area contributed by atoms with Gasteiger partial charge in [-0.15, -0.1) is 0 Å². The summed E-state index contributed by atoms with van der Waals surface area (Å²) in [5, 5.41) is 4.45. The van der Waals surface area contributed by atoms with Gasteiger partial charge in [0, 0.05) is 23.7 Å². The van der Waals surface area contributed by atoms with Gasteiger partial charge in [-0.3, -0.25) is 0 Å². The van der Waals surface area contributed by atoms with E-state index < -0.39 is 0 Å². The van der Waals surface area contributed by atoms with Gasteiger partial charge >= 0.3 is 0 Å².